The van der Waals surface area contributed by atoms with E-state index in [0.29, 0.717) is 27.4 Å². The number of alkyl halides is 1. The maximum absolute atomic E-state index is 8.70. The maximum atomic E-state index is 8.70. The highest BCUT2D eigenvalue weighted by Crippen LogP contribution is 2.27. The van der Waals surface area contributed by atoms with Crippen molar-refractivity contribution in [2.24, 2.45) is 0 Å². The van der Waals surface area contributed by atoms with Crippen LogP contribution in [0.4, 0.5) is 0 Å². The normalized spacial score (nSPS) is 9.83. The number of nitrogens with zero attached hydrogens (tertiary/aromatic N) is 1. The fourth-order valence-corrected chi connectivity index (χ4v) is 2.32. The lowest BCUT2D eigenvalue weighted by Crippen LogP contribution is -1.86. The molecule has 2 nitrogen and oxygen atoms in total. The summed E-state index contributed by atoms with van der Waals surface area (Å²) in [6, 6.07) is 14.5. The fourth-order valence-electron chi connectivity index (χ4n) is 1.43. The van der Waals surface area contributed by atoms with Gasteiger partial charge >= 0.3 is 0 Å². The Balaban J connectivity index is 2.18. The lowest BCUT2D eigenvalue weighted by atomic mass is 10.2. The summed E-state index contributed by atoms with van der Waals surface area (Å²) >= 11 is 9.45. The zero-order valence-electron chi connectivity index (χ0n) is 9.36. The van der Waals surface area contributed by atoms with Crippen molar-refractivity contribution in [3.05, 3.63) is 58.6 Å². The molecule has 0 spiro atoms. The molecule has 0 heterocycles. The van der Waals surface area contributed by atoms with Gasteiger partial charge in [0.05, 0.1) is 11.6 Å². The van der Waals surface area contributed by atoms with E-state index in [2.05, 4.69) is 22.0 Å². The van der Waals surface area contributed by atoms with Crippen LogP contribution in [0.1, 0.15) is 11.1 Å². The molecule has 0 saturated heterocycles. The minimum atomic E-state index is 0.606. The first-order chi connectivity index (χ1) is 8.72. The molecule has 0 radical (unpaired) electrons. The third-order valence-corrected chi connectivity index (χ3v) is 3.34. The van der Waals surface area contributed by atoms with Gasteiger partial charge < -0.3 is 4.74 Å². The Morgan fingerprint density at radius 3 is 2.33 bits per heavy atom. The largest absolute Gasteiger partial charge is 0.457 e. The highest BCUT2D eigenvalue weighted by Gasteiger charge is 2.03. The topological polar surface area (TPSA) is 33.0 Å². The van der Waals surface area contributed by atoms with Crippen molar-refractivity contribution in [1.29, 1.82) is 5.26 Å². The molecular formula is C14H9BrClNO. The summed E-state index contributed by atoms with van der Waals surface area (Å²) in [6.07, 6.45) is 0. The van der Waals surface area contributed by atoms with Crippen LogP contribution in [0.3, 0.4) is 0 Å². The second kappa shape index (κ2) is 5.90. The molecule has 0 saturated carbocycles. The summed E-state index contributed by atoms with van der Waals surface area (Å²) in [6.45, 7) is 0. The predicted octanol–water partition coefficient (Wildman–Crippen LogP) is 4.90. The van der Waals surface area contributed by atoms with Gasteiger partial charge in [-0.2, -0.15) is 5.26 Å². The van der Waals surface area contributed by atoms with Crippen LogP contribution in [-0.4, -0.2) is 0 Å². The highest BCUT2D eigenvalue weighted by molar-refractivity contribution is 9.08. The standard InChI is InChI=1S/C14H9BrClNO/c15-8-11-3-6-13(7-14(11)16)18-12-4-1-10(9-17)2-5-12/h1-7H,8H2. The van der Waals surface area contributed by atoms with Crippen LogP contribution in [-0.2, 0) is 5.33 Å². The van der Waals surface area contributed by atoms with E-state index in [1.165, 1.54) is 0 Å². The first-order valence-electron chi connectivity index (χ1n) is 5.25. The van der Waals surface area contributed by atoms with Crippen molar-refractivity contribution in [1.82, 2.24) is 0 Å². The van der Waals surface area contributed by atoms with E-state index in [0.717, 1.165) is 5.56 Å². The second-order valence-electron chi connectivity index (χ2n) is 3.63. The van der Waals surface area contributed by atoms with Crippen LogP contribution in [0.15, 0.2) is 42.5 Å². The Kier molecular flexibility index (Phi) is 4.24. The monoisotopic (exact) mass is 321 g/mol. The van der Waals surface area contributed by atoms with Gasteiger partial charge in [0.25, 0.3) is 0 Å². The van der Waals surface area contributed by atoms with Gasteiger partial charge in [-0.25, -0.2) is 0 Å². The zero-order chi connectivity index (χ0) is 13.0. The van der Waals surface area contributed by atoms with E-state index in [1.54, 1.807) is 30.3 Å². The van der Waals surface area contributed by atoms with Gasteiger partial charge in [0.1, 0.15) is 11.5 Å². The molecule has 4 heteroatoms. The van der Waals surface area contributed by atoms with Crippen molar-refractivity contribution in [3.8, 4) is 17.6 Å². The zero-order valence-corrected chi connectivity index (χ0v) is 11.7. The average molecular weight is 323 g/mol. The smallest absolute Gasteiger partial charge is 0.128 e. The molecule has 90 valence electrons. The van der Waals surface area contributed by atoms with Gasteiger partial charge in [-0.1, -0.05) is 33.6 Å². The number of nitriles is 1. The Labute approximate surface area is 119 Å². The Hall–Kier alpha value is -1.50. The number of benzene rings is 2. The van der Waals surface area contributed by atoms with Gasteiger partial charge in [-0.15, -0.1) is 0 Å². The van der Waals surface area contributed by atoms with Gasteiger partial charge in [0.15, 0.2) is 0 Å². The van der Waals surface area contributed by atoms with E-state index >= 15 is 0 Å². The van der Waals surface area contributed by atoms with Gasteiger partial charge in [0, 0.05) is 10.4 Å². The summed E-state index contributed by atoms with van der Waals surface area (Å²) in [5.74, 6) is 1.35. The van der Waals surface area contributed by atoms with Gasteiger partial charge in [-0.3, -0.25) is 0 Å². The van der Waals surface area contributed by atoms with Crippen LogP contribution in [0.2, 0.25) is 5.02 Å². The molecule has 2 aromatic rings. The van der Waals surface area contributed by atoms with E-state index in [9.17, 15) is 0 Å². The molecule has 0 aliphatic heterocycles. The molecule has 2 rings (SSSR count). The van der Waals surface area contributed by atoms with Crippen molar-refractivity contribution in [2.45, 2.75) is 5.33 Å². The molecule has 0 amide bonds. The molecule has 2 aromatic carbocycles. The average Bonchev–Trinajstić information content (AvgIpc) is 2.40. The Morgan fingerprint density at radius 1 is 1.11 bits per heavy atom. The number of rotatable bonds is 3. The number of halogens is 2. The molecule has 18 heavy (non-hydrogen) atoms. The molecular weight excluding hydrogens is 314 g/mol. The maximum Gasteiger partial charge on any atom is 0.128 e. The summed E-state index contributed by atoms with van der Waals surface area (Å²) < 4.78 is 5.65. The first-order valence-corrected chi connectivity index (χ1v) is 6.75. The SMILES string of the molecule is N#Cc1ccc(Oc2ccc(CBr)c(Cl)c2)cc1. The van der Waals surface area contributed by atoms with E-state index in [1.807, 2.05) is 12.1 Å². The summed E-state index contributed by atoms with van der Waals surface area (Å²) in [5.41, 5.74) is 1.62. The van der Waals surface area contributed by atoms with E-state index in [4.69, 9.17) is 21.6 Å². The van der Waals surface area contributed by atoms with E-state index in [-0.39, 0.29) is 0 Å². The van der Waals surface area contributed by atoms with Gasteiger partial charge in [-0.05, 0) is 42.0 Å². The molecule has 0 unspecified atom stereocenters. The summed E-state index contributed by atoms with van der Waals surface area (Å²) in [4.78, 5) is 0. The quantitative estimate of drug-likeness (QED) is 0.753. The third-order valence-electron chi connectivity index (χ3n) is 2.39. The van der Waals surface area contributed by atoms with Gasteiger partial charge in [0.2, 0.25) is 0 Å². The molecule has 0 bridgehead atoms. The second-order valence-corrected chi connectivity index (χ2v) is 4.59. The molecule has 0 N–H and O–H groups in total. The molecule has 0 aliphatic carbocycles. The van der Waals surface area contributed by atoms with Crippen molar-refractivity contribution >= 4 is 27.5 Å². The third kappa shape index (κ3) is 3.04. The highest BCUT2D eigenvalue weighted by atomic mass is 79.9. The van der Waals surface area contributed by atoms with Crippen LogP contribution in [0, 0.1) is 11.3 Å². The van der Waals surface area contributed by atoms with Crippen molar-refractivity contribution in [3.63, 3.8) is 0 Å². The van der Waals surface area contributed by atoms with Crippen LogP contribution in [0.25, 0.3) is 0 Å². The fraction of sp³-hybridized carbons (Fsp3) is 0.0714. The minimum absolute atomic E-state index is 0.606. The van der Waals surface area contributed by atoms with E-state index < -0.39 is 0 Å². The van der Waals surface area contributed by atoms with Crippen LogP contribution >= 0.6 is 27.5 Å². The van der Waals surface area contributed by atoms with Crippen molar-refractivity contribution < 1.29 is 4.74 Å². The molecule has 0 aliphatic rings. The lowest BCUT2D eigenvalue weighted by molar-refractivity contribution is 0.482. The predicted molar refractivity (Wildman–Crippen MR) is 75.3 cm³/mol. The number of ether oxygens (including phenoxy) is 1. The molecule has 0 fully saturated rings. The Morgan fingerprint density at radius 2 is 1.78 bits per heavy atom. The van der Waals surface area contributed by atoms with Crippen LogP contribution < -0.4 is 4.74 Å². The summed E-state index contributed by atoms with van der Waals surface area (Å²) in [7, 11) is 0. The number of hydrogen-bond acceptors (Lipinski definition) is 2. The Bertz CT molecular complexity index is 590. The molecule has 0 atom stereocenters. The molecule has 0 aromatic heterocycles. The first kappa shape index (κ1) is 12.9. The minimum Gasteiger partial charge on any atom is -0.457 e. The number of hydrogen-bond donors (Lipinski definition) is 0. The van der Waals surface area contributed by atoms with Crippen molar-refractivity contribution in [2.75, 3.05) is 0 Å². The van der Waals surface area contributed by atoms with Crippen LogP contribution in [0.5, 0.6) is 11.5 Å². The lowest BCUT2D eigenvalue weighted by Gasteiger charge is -2.07. The summed E-state index contributed by atoms with van der Waals surface area (Å²) in [5, 5.41) is 10.1.